The smallest absolute Gasteiger partial charge is 0.307 e. The van der Waals surface area contributed by atoms with E-state index in [-0.39, 0.29) is 5.92 Å². The van der Waals surface area contributed by atoms with Crippen molar-refractivity contribution in [2.45, 2.75) is 40.0 Å². The van der Waals surface area contributed by atoms with E-state index in [1.165, 1.54) is 11.1 Å². The number of piperidine rings is 1. The largest absolute Gasteiger partial charge is 0.492 e. The third-order valence-corrected chi connectivity index (χ3v) is 4.62. The van der Waals surface area contributed by atoms with Gasteiger partial charge in [-0.25, -0.2) is 0 Å². The first kappa shape index (κ1) is 17.8. The number of aryl methyl sites for hydroxylation is 1. The van der Waals surface area contributed by atoms with Gasteiger partial charge in [0.25, 0.3) is 0 Å². The van der Waals surface area contributed by atoms with Crippen LogP contribution in [0.2, 0.25) is 0 Å². The van der Waals surface area contributed by atoms with Gasteiger partial charge >= 0.3 is 5.97 Å². The van der Waals surface area contributed by atoms with E-state index in [9.17, 15) is 9.90 Å². The number of rotatable bonds is 6. The monoisotopic (exact) mass is 319 g/mol. The number of likely N-dealkylation sites (tertiary alicyclic amines) is 1. The van der Waals surface area contributed by atoms with Crippen LogP contribution in [0.5, 0.6) is 5.75 Å². The lowest BCUT2D eigenvalue weighted by Gasteiger charge is -2.34. The normalized spacial score (nSPS) is 22.3. The maximum Gasteiger partial charge on any atom is 0.307 e. The lowest BCUT2D eigenvalue weighted by atomic mass is 9.90. The molecule has 1 heterocycles. The van der Waals surface area contributed by atoms with E-state index in [1.54, 1.807) is 0 Å². The molecule has 0 aliphatic carbocycles. The molecule has 1 aliphatic heterocycles. The molecule has 4 heteroatoms. The molecule has 0 amide bonds. The Morgan fingerprint density at radius 1 is 1.39 bits per heavy atom. The second-order valence-corrected chi connectivity index (χ2v) is 7.16. The summed E-state index contributed by atoms with van der Waals surface area (Å²) in [7, 11) is 0. The summed E-state index contributed by atoms with van der Waals surface area (Å²) < 4.78 is 5.87. The van der Waals surface area contributed by atoms with E-state index in [0.717, 1.165) is 25.3 Å². The van der Waals surface area contributed by atoms with Gasteiger partial charge in [-0.05, 0) is 48.4 Å². The molecule has 23 heavy (non-hydrogen) atoms. The fourth-order valence-electron chi connectivity index (χ4n) is 3.50. The summed E-state index contributed by atoms with van der Waals surface area (Å²) in [6.07, 6.45) is 0.780. The molecule has 2 unspecified atom stereocenters. The van der Waals surface area contributed by atoms with E-state index in [0.29, 0.717) is 25.0 Å². The van der Waals surface area contributed by atoms with Crippen molar-refractivity contribution in [3.8, 4) is 5.75 Å². The zero-order valence-corrected chi connectivity index (χ0v) is 14.7. The zero-order valence-electron chi connectivity index (χ0n) is 14.7. The maximum absolute atomic E-state index is 11.2. The van der Waals surface area contributed by atoms with Crippen molar-refractivity contribution >= 4 is 5.97 Å². The minimum Gasteiger partial charge on any atom is -0.492 e. The molecule has 1 aromatic carbocycles. The topological polar surface area (TPSA) is 49.8 Å². The molecule has 1 fully saturated rings. The van der Waals surface area contributed by atoms with E-state index in [2.05, 4.69) is 44.7 Å². The van der Waals surface area contributed by atoms with Crippen molar-refractivity contribution in [3.05, 3.63) is 29.3 Å². The molecule has 1 aromatic rings. The first-order chi connectivity index (χ1) is 10.9. The molecule has 1 N–H and O–H groups in total. The van der Waals surface area contributed by atoms with Gasteiger partial charge in [-0.2, -0.15) is 0 Å². The quantitative estimate of drug-likeness (QED) is 0.871. The van der Waals surface area contributed by atoms with E-state index < -0.39 is 5.97 Å². The van der Waals surface area contributed by atoms with Crippen molar-refractivity contribution < 1.29 is 14.6 Å². The minimum atomic E-state index is -0.678. The van der Waals surface area contributed by atoms with Crippen LogP contribution < -0.4 is 4.74 Å². The predicted octanol–water partition coefficient (Wildman–Crippen LogP) is 3.54. The molecule has 2 atom stereocenters. The third kappa shape index (κ3) is 4.96. The number of carboxylic acid groups (broad SMARTS) is 1. The van der Waals surface area contributed by atoms with Gasteiger partial charge in [-0.15, -0.1) is 0 Å². The molecular weight excluding hydrogens is 290 g/mol. The van der Waals surface area contributed by atoms with E-state index >= 15 is 0 Å². The van der Waals surface area contributed by atoms with Gasteiger partial charge in [-0.3, -0.25) is 9.69 Å². The fraction of sp³-hybridized carbons (Fsp3) is 0.632. The third-order valence-electron chi connectivity index (χ3n) is 4.62. The van der Waals surface area contributed by atoms with Crippen LogP contribution in [-0.2, 0) is 4.79 Å². The Morgan fingerprint density at radius 3 is 2.74 bits per heavy atom. The summed E-state index contributed by atoms with van der Waals surface area (Å²) in [5, 5.41) is 9.22. The Labute approximate surface area is 139 Å². The van der Waals surface area contributed by atoms with Crippen LogP contribution >= 0.6 is 0 Å². The van der Waals surface area contributed by atoms with Gasteiger partial charge in [0.15, 0.2) is 0 Å². The summed E-state index contributed by atoms with van der Waals surface area (Å²) in [6, 6.07) is 6.26. The highest BCUT2D eigenvalue weighted by molar-refractivity contribution is 5.70. The number of nitrogens with zero attached hydrogens (tertiary/aromatic N) is 1. The summed E-state index contributed by atoms with van der Waals surface area (Å²) in [5.74, 6) is 0.921. The van der Waals surface area contributed by atoms with Gasteiger partial charge in [-0.1, -0.05) is 26.8 Å². The molecule has 4 nitrogen and oxygen atoms in total. The lowest BCUT2D eigenvalue weighted by Crippen LogP contribution is -2.44. The highest BCUT2D eigenvalue weighted by Crippen LogP contribution is 2.24. The number of hydrogen-bond donors (Lipinski definition) is 1. The molecular formula is C19H29NO3. The molecule has 0 bridgehead atoms. The highest BCUT2D eigenvalue weighted by atomic mass is 16.5. The predicted molar refractivity (Wildman–Crippen MR) is 92.1 cm³/mol. The number of hydrogen-bond acceptors (Lipinski definition) is 3. The number of benzene rings is 1. The molecule has 0 saturated carbocycles. The van der Waals surface area contributed by atoms with Crippen molar-refractivity contribution in [1.29, 1.82) is 0 Å². The van der Waals surface area contributed by atoms with Gasteiger partial charge in [0.2, 0.25) is 0 Å². The molecule has 1 aliphatic rings. The molecule has 128 valence electrons. The van der Waals surface area contributed by atoms with Crippen LogP contribution in [0.3, 0.4) is 0 Å². The van der Waals surface area contributed by atoms with Gasteiger partial charge in [0, 0.05) is 19.6 Å². The summed E-state index contributed by atoms with van der Waals surface area (Å²) >= 11 is 0. The number of carboxylic acids is 1. The molecule has 0 aromatic heterocycles. The van der Waals surface area contributed by atoms with Crippen molar-refractivity contribution in [2.24, 2.45) is 11.8 Å². The Kier molecular flexibility index (Phi) is 6.05. The van der Waals surface area contributed by atoms with Crippen LogP contribution in [-0.4, -0.2) is 42.2 Å². The second kappa shape index (κ2) is 7.82. The average Bonchev–Trinajstić information content (AvgIpc) is 2.46. The summed E-state index contributed by atoms with van der Waals surface area (Å²) in [4.78, 5) is 13.4. The average molecular weight is 319 g/mol. The molecule has 1 saturated heterocycles. The summed E-state index contributed by atoms with van der Waals surface area (Å²) in [5.41, 5.74) is 2.61. The van der Waals surface area contributed by atoms with Crippen LogP contribution in [0, 0.1) is 18.8 Å². The standard InChI is InChI=1S/C19H29NO3/c1-13(2)18-6-5-17(10-15(18)4)23-8-7-20-11-14(3)9-16(12-20)19(21)22/h5-6,10,13-14,16H,7-9,11-12H2,1-4H3,(H,21,22). The van der Waals surface area contributed by atoms with E-state index in [4.69, 9.17) is 4.74 Å². The zero-order chi connectivity index (χ0) is 17.0. The van der Waals surface area contributed by atoms with Crippen molar-refractivity contribution in [3.63, 3.8) is 0 Å². The molecule has 2 rings (SSSR count). The Balaban J connectivity index is 1.85. The van der Waals surface area contributed by atoms with Crippen LogP contribution in [0.4, 0.5) is 0 Å². The first-order valence-corrected chi connectivity index (χ1v) is 8.55. The Morgan fingerprint density at radius 2 is 2.13 bits per heavy atom. The molecule has 0 radical (unpaired) electrons. The second-order valence-electron chi connectivity index (χ2n) is 7.16. The van der Waals surface area contributed by atoms with Gasteiger partial charge in [0.1, 0.15) is 12.4 Å². The SMILES string of the molecule is Cc1cc(OCCN2CC(C)CC(C(=O)O)C2)ccc1C(C)C. The maximum atomic E-state index is 11.2. The molecule has 0 spiro atoms. The van der Waals surface area contributed by atoms with Crippen LogP contribution in [0.15, 0.2) is 18.2 Å². The lowest BCUT2D eigenvalue weighted by molar-refractivity contribution is -0.144. The van der Waals surface area contributed by atoms with Gasteiger partial charge in [0.05, 0.1) is 5.92 Å². The highest BCUT2D eigenvalue weighted by Gasteiger charge is 2.29. The van der Waals surface area contributed by atoms with Crippen molar-refractivity contribution in [2.75, 3.05) is 26.2 Å². The van der Waals surface area contributed by atoms with E-state index in [1.807, 2.05) is 6.07 Å². The number of aliphatic carboxylic acids is 1. The Hall–Kier alpha value is -1.55. The summed E-state index contributed by atoms with van der Waals surface area (Å²) in [6.45, 7) is 11.6. The number of ether oxygens (including phenoxy) is 1. The van der Waals surface area contributed by atoms with Crippen LogP contribution in [0.1, 0.15) is 44.2 Å². The van der Waals surface area contributed by atoms with Gasteiger partial charge < -0.3 is 9.84 Å². The van der Waals surface area contributed by atoms with Crippen molar-refractivity contribution in [1.82, 2.24) is 4.90 Å². The fourth-order valence-corrected chi connectivity index (χ4v) is 3.50. The van der Waals surface area contributed by atoms with Crippen LogP contribution in [0.25, 0.3) is 0 Å². The Bertz CT molecular complexity index is 541. The number of carbonyl (C=O) groups is 1. The first-order valence-electron chi connectivity index (χ1n) is 8.55. The minimum absolute atomic E-state index is 0.244.